The van der Waals surface area contributed by atoms with E-state index in [4.69, 9.17) is 0 Å². The molecule has 2 aromatic rings. The van der Waals surface area contributed by atoms with Crippen LogP contribution < -0.4 is 10.2 Å². The molecule has 28 heavy (non-hydrogen) atoms. The Morgan fingerprint density at radius 2 is 1.75 bits per heavy atom. The standard InChI is InChI=1S/C22H21N3O3/c26-19(24-13-5-8-16-7-2-4-10-18(16)24)14-25-20(27)22(23-21(25)28)12-11-15-6-1-3-9-17(15)22/h1-4,6-7,9-10H,5,8,11-14H2,(H,23,28). The van der Waals surface area contributed by atoms with Gasteiger partial charge in [-0.2, -0.15) is 0 Å². The van der Waals surface area contributed by atoms with Crippen molar-refractivity contribution >= 4 is 23.5 Å². The molecule has 2 heterocycles. The predicted molar refractivity (Wildman–Crippen MR) is 104 cm³/mol. The van der Waals surface area contributed by atoms with Crippen LogP contribution in [0.4, 0.5) is 10.5 Å². The van der Waals surface area contributed by atoms with Gasteiger partial charge in [0, 0.05) is 12.2 Å². The van der Waals surface area contributed by atoms with E-state index in [2.05, 4.69) is 5.32 Å². The largest absolute Gasteiger partial charge is 0.325 e. The number of urea groups is 1. The summed E-state index contributed by atoms with van der Waals surface area (Å²) in [6.45, 7) is 0.371. The molecule has 1 fully saturated rings. The summed E-state index contributed by atoms with van der Waals surface area (Å²) in [7, 11) is 0. The quantitative estimate of drug-likeness (QED) is 0.820. The lowest BCUT2D eigenvalue weighted by atomic mass is 9.92. The molecule has 0 aromatic heterocycles. The minimum Gasteiger partial charge on any atom is -0.319 e. The van der Waals surface area contributed by atoms with Gasteiger partial charge >= 0.3 is 6.03 Å². The van der Waals surface area contributed by atoms with Crippen molar-refractivity contribution in [1.82, 2.24) is 10.2 Å². The molecular weight excluding hydrogens is 354 g/mol. The number of anilines is 1. The Morgan fingerprint density at radius 1 is 1.00 bits per heavy atom. The minimum atomic E-state index is -1.02. The lowest BCUT2D eigenvalue weighted by Crippen LogP contribution is -2.46. The zero-order valence-electron chi connectivity index (χ0n) is 15.5. The number of fused-ring (bicyclic) bond motifs is 3. The molecule has 1 saturated heterocycles. The van der Waals surface area contributed by atoms with Gasteiger partial charge in [0.1, 0.15) is 12.1 Å². The summed E-state index contributed by atoms with van der Waals surface area (Å²) in [6, 6.07) is 15.0. The van der Waals surface area contributed by atoms with E-state index >= 15 is 0 Å². The van der Waals surface area contributed by atoms with Gasteiger partial charge in [0.2, 0.25) is 5.91 Å². The van der Waals surface area contributed by atoms with Gasteiger partial charge < -0.3 is 10.2 Å². The van der Waals surface area contributed by atoms with Crippen molar-refractivity contribution in [1.29, 1.82) is 0 Å². The number of imide groups is 1. The Bertz CT molecular complexity index is 1000. The van der Waals surface area contributed by atoms with Crippen molar-refractivity contribution in [2.24, 2.45) is 0 Å². The fourth-order valence-electron chi connectivity index (χ4n) is 4.75. The SMILES string of the molecule is O=C1NC2(CCc3ccccc32)C(=O)N1CC(=O)N1CCCc2ccccc21. The summed E-state index contributed by atoms with van der Waals surface area (Å²) >= 11 is 0. The van der Waals surface area contributed by atoms with Crippen LogP contribution >= 0.6 is 0 Å². The van der Waals surface area contributed by atoms with Gasteiger partial charge in [-0.15, -0.1) is 0 Å². The molecule has 1 spiro atoms. The van der Waals surface area contributed by atoms with E-state index in [9.17, 15) is 14.4 Å². The summed E-state index contributed by atoms with van der Waals surface area (Å²) in [5.41, 5.74) is 2.92. The number of benzene rings is 2. The molecule has 4 amide bonds. The van der Waals surface area contributed by atoms with Crippen LogP contribution in [0.5, 0.6) is 0 Å². The summed E-state index contributed by atoms with van der Waals surface area (Å²) in [5.74, 6) is -0.542. The van der Waals surface area contributed by atoms with Crippen LogP contribution in [0.2, 0.25) is 0 Å². The normalized spacial score (nSPS) is 23.0. The smallest absolute Gasteiger partial charge is 0.319 e. The first-order valence-electron chi connectivity index (χ1n) is 9.71. The molecule has 6 heteroatoms. The van der Waals surface area contributed by atoms with Gasteiger partial charge in [-0.25, -0.2) is 4.79 Å². The average Bonchev–Trinajstić information content (AvgIpc) is 3.21. The van der Waals surface area contributed by atoms with Crippen LogP contribution in [0.3, 0.4) is 0 Å². The molecule has 2 aromatic carbocycles. The fourth-order valence-corrected chi connectivity index (χ4v) is 4.75. The summed E-state index contributed by atoms with van der Waals surface area (Å²) < 4.78 is 0. The maximum Gasteiger partial charge on any atom is 0.325 e. The lowest BCUT2D eigenvalue weighted by molar-refractivity contribution is -0.134. The Kier molecular flexibility index (Phi) is 3.75. The minimum absolute atomic E-state index is 0.223. The van der Waals surface area contributed by atoms with E-state index in [-0.39, 0.29) is 18.4 Å². The second-order valence-electron chi connectivity index (χ2n) is 7.66. The van der Waals surface area contributed by atoms with E-state index in [1.807, 2.05) is 48.5 Å². The van der Waals surface area contributed by atoms with E-state index in [0.29, 0.717) is 13.0 Å². The van der Waals surface area contributed by atoms with Gasteiger partial charge in [-0.1, -0.05) is 42.5 Å². The van der Waals surface area contributed by atoms with E-state index in [0.717, 1.165) is 46.5 Å². The highest BCUT2D eigenvalue weighted by Crippen LogP contribution is 2.41. The third-order valence-electron chi connectivity index (χ3n) is 6.13. The molecular formula is C22H21N3O3. The Morgan fingerprint density at radius 3 is 2.61 bits per heavy atom. The highest BCUT2D eigenvalue weighted by atomic mass is 16.2. The van der Waals surface area contributed by atoms with Crippen molar-refractivity contribution < 1.29 is 14.4 Å². The van der Waals surface area contributed by atoms with Gasteiger partial charge in [0.15, 0.2) is 0 Å². The van der Waals surface area contributed by atoms with Crippen molar-refractivity contribution in [3.63, 3.8) is 0 Å². The number of carbonyl (C=O) groups is 3. The van der Waals surface area contributed by atoms with Gasteiger partial charge in [0.25, 0.3) is 5.91 Å². The molecule has 1 N–H and O–H groups in total. The molecule has 5 rings (SSSR count). The Balaban J connectivity index is 1.41. The highest BCUT2D eigenvalue weighted by Gasteiger charge is 2.55. The molecule has 1 atom stereocenters. The summed E-state index contributed by atoms with van der Waals surface area (Å²) in [4.78, 5) is 41.7. The molecule has 0 bridgehead atoms. The number of hydrogen-bond donors (Lipinski definition) is 1. The maximum atomic E-state index is 13.2. The molecule has 0 saturated carbocycles. The first-order valence-corrected chi connectivity index (χ1v) is 9.71. The van der Waals surface area contributed by atoms with Crippen LogP contribution in [0, 0.1) is 0 Å². The number of carbonyl (C=O) groups excluding carboxylic acids is 3. The number of para-hydroxylation sites is 1. The highest BCUT2D eigenvalue weighted by molar-refractivity contribution is 6.11. The van der Waals surface area contributed by atoms with Crippen molar-refractivity contribution in [2.75, 3.05) is 18.0 Å². The molecule has 1 aliphatic carbocycles. The van der Waals surface area contributed by atoms with Crippen LogP contribution in [-0.2, 0) is 28.0 Å². The van der Waals surface area contributed by atoms with Gasteiger partial charge in [0.05, 0.1) is 0 Å². The Hall–Kier alpha value is -3.15. The van der Waals surface area contributed by atoms with Crippen molar-refractivity contribution in [2.45, 2.75) is 31.2 Å². The molecule has 6 nitrogen and oxygen atoms in total. The zero-order valence-corrected chi connectivity index (χ0v) is 15.5. The first-order chi connectivity index (χ1) is 13.6. The van der Waals surface area contributed by atoms with Gasteiger partial charge in [-0.05, 0) is 48.4 Å². The molecule has 0 radical (unpaired) electrons. The summed E-state index contributed by atoms with van der Waals surface area (Å²) in [5, 5.41) is 2.88. The molecule has 142 valence electrons. The summed E-state index contributed by atoms with van der Waals surface area (Å²) in [6.07, 6.45) is 3.08. The van der Waals surface area contributed by atoms with Crippen molar-refractivity contribution in [3.8, 4) is 0 Å². The third kappa shape index (κ3) is 2.37. The van der Waals surface area contributed by atoms with Crippen LogP contribution in [0.25, 0.3) is 0 Å². The van der Waals surface area contributed by atoms with Crippen LogP contribution in [0.15, 0.2) is 48.5 Å². The van der Waals surface area contributed by atoms with E-state index < -0.39 is 11.6 Å². The molecule has 2 aliphatic heterocycles. The van der Waals surface area contributed by atoms with E-state index in [1.54, 1.807) is 4.90 Å². The van der Waals surface area contributed by atoms with Crippen molar-refractivity contribution in [3.05, 3.63) is 65.2 Å². The lowest BCUT2D eigenvalue weighted by Gasteiger charge is -2.30. The maximum absolute atomic E-state index is 13.2. The zero-order chi connectivity index (χ0) is 19.3. The topological polar surface area (TPSA) is 69.7 Å². The van der Waals surface area contributed by atoms with Gasteiger partial charge in [-0.3, -0.25) is 14.5 Å². The second kappa shape index (κ2) is 6.19. The number of hydrogen-bond acceptors (Lipinski definition) is 3. The number of aryl methyl sites for hydroxylation is 2. The van der Waals surface area contributed by atoms with Crippen LogP contribution in [0.1, 0.15) is 29.5 Å². The Labute approximate surface area is 163 Å². The monoisotopic (exact) mass is 375 g/mol. The third-order valence-corrected chi connectivity index (χ3v) is 6.13. The average molecular weight is 375 g/mol. The number of nitrogens with zero attached hydrogens (tertiary/aromatic N) is 2. The number of nitrogens with one attached hydrogen (secondary N) is 1. The molecule has 1 unspecified atom stereocenters. The predicted octanol–water partition coefficient (Wildman–Crippen LogP) is 2.36. The molecule has 3 aliphatic rings. The number of rotatable bonds is 2. The fraction of sp³-hybridized carbons (Fsp3) is 0.318. The number of amides is 4. The van der Waals surface area contributed by atoms with Crippen LogP contribution in [-0.4, -0.2) is 35.8 Å². The first kappa shape index (κ1) is 17.0. The van der Waals surface area contributed by atoms with E-state index in [1.165, 1.54) is 0 Å². The second-order valence-corrected chi connectivity index (χ2v) is 7.66.